The molecule has 0 atom stereocenters. The van der Waals surface area contributed by atoms with Crippen LogP contribution in [0.1, 0.15) is 5.76 Å². The SMILES string of the molecule is Fc1cc(F)c(F)c(NCc2occc2Br)c1F. The third kappa shape index (κ3) is 2.35. The van der Waals surface area contributed by atoms with Gasteiger partial charge < -0.3 is 9.73 Å². The van der Waals surface area contributed by atoms with Crippen molar-refractivity contribution in [1.29, 1.82) is 0 Å². The minimum Gasteiger partial charge on any atom is -0.466 e. The topological polar surface area (TPSA) is 25.2 Å². The molecule has 1 aromatic heterocycles. The van der Waals surface area contributed by atoms with E-state index in [9.17, 15) is 17.6 Å². The number of anilines is 1. The molecule has 0 radical (unpaired) electrons. The summed E-state index contributed by atoms with van der Waals surface area (Å²) in [5.74, 6) is -5.53. The van der Waals surface area contributed by atoms with E-state index in [-0.39, 0.29) is 12.6 Å². The number of rotatable bonds is 3. The van der Waals surface area contributed by atoms with Crippen LogP contribution in [0.15, 0.2) is 27.3 Å². The predicted molar refractivity (Wildman–Crippen MR) is 60.0 cm³/mol. The fourth-order valence-corrected chi connectivity index (χ4v) is 1.69. The number of furan rings is 1. The van der Waals surface area contributed by atoms with E-state index in [0.717, 1.165) is 0 Å². The minimum atomic E-state index is -1.48. The van der Waals surface area contributed by atoms with Gasteiger partial charge in [-0.05, 0) is 22.0 Å². The maximum Gasteiger partial charge on any atom is 0.185 e. The molecule has 1 aromatic carbocycles. The molecule has 0 fully saturated rings. The van der Waals surface area contributed by atoms with Crippen LogP contribution in [0.3, 0.4) is 0 Å². The van der Waals surface area contributed by atoms with E-state index >= 15 is 0 Å². The van der Waals surface area contributed by atoms with Gasteiger partial charge in [-0.2, -0.15) is 0 Å². The highest BCUT2D eigenvalue weighted by molar-refractivity contribution is 9.10. The van der Waals surface area contributed by atoms with Gasteiger partial charge in [0, 0.05) is 6.07 Å². The number of benzene rings is 1. The molecule has 0 aliphatic carbocycles. The van der Waals surface area contributed by atoms with Crippen molar-refractivity contribution < 1.29 is 22.0 Å². The van der Waals surface area contributed by atoms with Crippen molar-refractivity contribution in [3.05, 3.63) is 51.9 Å². The van der Waals surface area contributed by atoms with E-state index in [4.69, 9.17) is 4.42 Å². The maximum atomic E-state index is 13.3. The molecule has 96 valence electrons. The monoisotopic (exact) mass is 323 g/mol. The summed E-state index contributed by atoms with van der Waals surface area (Å²) in [4.78, 5) is 0. The van der Waals surface area contributed by atoms with Crippen molar-refractivity contribution in [3.8, 4) is 0 Å². The highest BCUT2D eigenvalue weighted by atomic mass is 79.9. The van der Waals surface area contributed by atoms with Gasteiger partial charge in [0.25, 0.3) is 0 Å². The molecule has 2 rings (SSSR count). The molecule has 0 bridgehead atoms. The Bertz CT molecular complexity index is 558. The molecule has 2 aromatic rings. The lowest BCUT2D eigenvalue weighted by Crippen LogP contribution is -2.07. The van der Waals surface area contributed by atoms with Crippen molar-refractivity contribution in [2.75, 3.05) is 5.32 Å². The summed E-state index contributed by atoms with van der Waals surface area (Å²) in [6, 6.07) is 1.73. The second kappa shape index (κ2) is 5.01. The molecule has 18 heavy (non-hydrogen) atoms. The zero-order chi connectivity index (χ0) is 13.3. The molecule has 1 heterocycles. The highest BCUT2D eigenvalue weighted by Crippen LogP contribution is 2.26. The summed E-state index contributed by atoms with van der Waals surface area (Å²) in [6.07, 6.45) is 1.36. The molecule has 0 unspecified atom stereocenters. The molecule has 0 amide bonds. The summed E-state index contributed by atoms with van der Waals surface area (Å²) < 4.78 is 58.0. The van der Waals surface area contributed by atoms with E-state index in [1.54, 1.807) is 6.07 Å². The van der Waals surface area contributed by atoms with E-state index in [2.05, 4.69) is 21.2 Å². The average molecular weight is 324 g/mol. The zero-order valence-electron chi connectivity index (χ0n) is 8.74. The Morgan fingerprint density at radius 1 is 1.11 bits per heavy atom. The largest absolute Gasteiger partial charge is 0.466 e. The lowest BCUT2D eigenvalue weighted by molar-refractivity contribution is 0.456. The lowest BCUT2D eigenvalue weighted by Gasteiger charge is -2.08. The minimum absolute atomic E-state index is 0.121. The van der Waals surface area contributed by atoms with Gasteiger partial charge in [-0.1, -0.05) is 0 Å². The van der Waals surface area contributed by atoms with E-state index in [1.807, 2.05) is 0 Å². The van der Waals surface area contributed by atoms with Crippen molar-refractivity contribution in [1.82, 2.24) is 0 Å². The van der Waals surface area contributed by atoms with Gasteiger partial charge in [0.15, 0.2) is 23.3 Å². The van der Waals surface area contributed by atoms with Crippen LogP contribution in [0, 0.1) is 23.3 Å². The first-order chi connectivity index (χ1) is 8.50. The summed E-state index contributed by atoms with van der Waals surface area (Å²) >= 11 is 3.14. The lowest BCUT2D eigenvalue weighted by atomic mass is 10.2. The first kappa shape index (κ1) is 12.9. The Morgan fingerprint density at radius 2 is 1.72 bits per heavy atom. The van der Waals surface area contributed by atoms with Gasteiger partial charge in [-0.15, -0.1) is 0 Å². The summed E-state index contributed by atoms with van der Waals surface area (Å²) in [5.41, 5.74) is -0.865. The van der Waals surface area contributed by atoms with Crippen molar-refractivity contribution in [2.45, 2.75) is 6.54 Å². The molecule has 1 N–H and O–H groups in total. The maximum absolute atomic E-state index is 13.3. The number of halogens is 5. The van der Waals surface area contributed by atoms with Gasteiger partial charge in [0.2, 0.25) is 0 Å². The molecule has 2 nitrogen and oxygen atoms in total. The normalized spacial score (nSPS) is 10.7. The van der Waals surface area contributed by atoms with Gasteiger partial charge in [0.05, 0.1) is 17.3 Å². The van der Waals surface area contributed by atoms with Gasteiger partial charge in [0.1, 0.15) is 11.4 Å². The number of hydrogen-bond acceptors (Lipinski definition) is 2. The first-order valence-corrected chi connectivity index (χ1v) is 5.58. The fourth-order valence-electron chi connectivity index (χ4n) is 1.35. The van der Waals surface area contributed by atoms with Crippen LogP contribution in [0.2, 0.25) is 0 Å². The van der Waals surface area contributed by atoms with Crippen molar-refractivity contribution in [3.63, 3.8) is 0 Å². The molecule has 0 spiro atoms. The van der Waals surface area contributed by atoms with Crippen LogP contribution in [0.5, 0.6) is 0 Å². The quantitative estimate of drug-likeness (QED) is 0.676. The van der Waals surface area contributed by atoms with Gasteiger partial charge >= 0.3 is 0 Å². The van der Waals surface area contributed by atoms with Crippen LogP contribution in [-0.2, 0) is 6.54 Å². The average Bonchev–Trinajstić information content (AvgIpc) is 2.73. The van der Waals surface area contributed by atoms with Crippen LogP contribution in [-0.4, -0.2) is 0 Å². The molecule has 0 aliphatic heterocycles. The Balaban J connectivity index is 2.27. The van der Waals surface area contributed by atoms with Gasteiger partial charge in [-0.25, -0.2) is 17.6 Å². The van der Waals surface area contributed by atoms with Crippen molar-refractivity contribution in [2.24, 2.45) is 0 Å². The van der Waals surface area contributed by atoms with E-state index in [0.29, 0.717) is 10.2 Å². The third-order valence-corrected chi connectivity index (χ3v) is 2.94. The molecule has 7 heteroatoms. The second-order valence-electron chi connectivity index (χ2n) is 3.39. The van der Waals surface area contributed by atoms with E-state index < -0.39 is 29.0 Å². The second-order valence-corrected chi connectivity index (χ2v) is 4.24. The number of hydrogen-bond donors (Lipinski definition) is 1. The summed E-state index contributed by atoms with van der Waals surface area (Å²) in [5, 5.41) is 2.25. The highest BCUT2D eigenvalue weighted by Gasteiger charge is 2.19. The first-order valence-electron chi connectivity index (χ1n) is 4.79. The van der Waals surface area contributed by atoms with Crippen molar-refractivity contribution >= 4 is 21.6 Å². The Labute approximate surface area is 108 Å². The molecular weight excluding hydrogens is 318 g/mol. The molecule has 0 aliphatic rings. The zero-order valence-corrected chi connectivity index (χ0v) is 10.3. The van der Waals surface area contributed by atoms with Gasteiger partial charge in [-0.3, -0.25) is 0 Å². The molecular formula is C11H6BrF4NO. The number of nitrogens with one attached hydrogen (secondary N) is 1. The standard InChI is InChI=1S/C11H6BrF4NO/c12-5-1-2-18-8(5)4-17-11-9(15)6(13)3-7(14)10(11)16/h1-3,17H,4H2. The Morgan fingerprint density at radius 3 is 2.22 bits per heavy atom. The smallest absolute Gasteiger partial charge is 0.185 e. The summed E-state index contributed by atoms with van der Waals surface area (Å²) in [6.45, 7) is -0.121. The summed E-state index contributed by atoms with van der Waals surface area (Å²) in [7, 11) is 0. The van der Waals surface area contributed by atoms with Crippen LogP contribution in [0.25, 0.3) is 0 Å². The Kier molecular flexibility index (Phi) is 3.60. The third-order valence-electron chi connectivity index (χ3n) is 2.23. The van der Waals surface area contributed by atoms with E-state index in [1.165, 1.54) is 6.26 Å². The van der Waals surface area contributed by atoms with Crippen LogP contribution < -0.4 is 5.32 Å². The predicted octanol–water partition coefficient (Wildman–Crippen LogP) is 4.21. The van der Waals surface area contributed by atoms with Crippen LogP contribution in [0.4, 0.5) is 23.2 Å². The molecule has 0 saturated carbocycles. The van der Waals surface area contributed by atoms with Crippen LogP contribution >= 0.6 is 15.9 Å². The molecule has 0 saturated heterocycles. The fraction of sp³-hybridized carbons (Fsp3) is 0.0909. The Hall–Kier alpha value is -1.50.